The van der Waals surface area contributed by atoms with Gasteiger partial charge in [-0.15, -0.1) is 0 Å². The second-order valence-corrected chi connectivity index (χ2v) is 6.65. The SMILES string of the molecule is Clc1ccc(Oc2ccc(I)cc2)c(CNC2CC2)c1. The van der Waals surface area contributed by atoms with Crippen LogP contribution in [0.15, 0.2) is 42.5 Å². The fourth-order valence-corrected chi connectivity index (χ4v) is 2.51. The third kappa shape index (κ3) is 3.87. The maximum absolute atomic E-state index is 6.09. The molecule has 2 aromatic rings. The highest BCUT2D eigenvalue weighted by Crippen LogP contribution is 2.29. The van der Waals surface area contributed by atoms with E-state index in [9.17, 15) is 0 Å². The Bertz CT molecular complexity index is 596. The first-order chi connectivity index (χ1) is 9.70. The normalized spacial score (nSPS) is 14.3. The van der Waals surface area contributed by atoms with E-state index < -0.39 is 0 Å². The molecule has 0 aromatic heterocycles. The molecular formula is C16H15ClINO. The van der Waals surface area contributed by atoms with Crippen molar-refractivity contribution in [3.63, 3.8) is 0 Å². The van der Waals surface area contributed by atoms with E-state index in [-0.39, 0.29) is 0 Å². The minimum atomic E-state index is 0.667. The molecule has 0 saturated heterocycles. The van der Waals surface area contributed by atoms with Crippen LogP contribution in [0.1, 0.15) is 18.4 Å². The number of rotatable bonds is 5. The summed E-state index contributed by atoms with van der Waals surface area (Å²) in [5.74, 6) is 1.71. The van der Waals surface area contributed by atoms with Gasteiger partial charge in [-0.05, 0) is 77.9 Å². The van der Waals surface area contributed by atoms with Gasteiger partial charge in [-0.3, -0.25) is 0 Å². The van der Waals surface area contributed by atoms with Gasteiger partial charge >= 0.3 is 0 Å². The molecule has 1 aliphatic carbocycles. The van der Waals surface area contributed by atoms with E-state index in [1.165, 1.54) is 16.4 Å². The van der Waals surface area contributed by atoms with Gasteiger partial charge in [0.25, 0.3) is 0 Å². The molecule has 0 aliphatic heterocycles. The molecule has 0 bridgehead atoms. The number of ether oxygens (including phenoxy) is 1. The van der Waals surface area contributed by atoms with Crippen molar-refractivity contribution in [2.75, 3.05) is 0 Å². The Hall–Kier alpha value is -0.780. The van der Waals surface area contributed by atoms with E-state index in [1.807, 2.05) is 42.5 Å². The minimum Gasteiger partial charge on any atom is -0.457 e. The Morgan fingerprint density at radius 1 is 1.15 bits per heavy atom. The van der Waals surface area contributed by atoms with Crippen LogP contribution in [0.4, 0.5) is 0 Å². The third-order valence-electron chi connectivity index (χ3n) is 3.22. The van der Waals surface area contributed by atoms with E-state index in [2.05, 4.69) is 27.9 Å². The van der Waals surface area contributed by atoms with Gasteiger partial charge in [0.05, 0.1) is 0 Å². The summed E-state index contributed by atoms with van der Waals surface area (Å²) >= 11 is 8.37. The molecule has 2 nitrogen and oxygen atoms in total. The molecule has 0 heterocycles. The van der Waals surface area contributed by atoms with Crippen LogP contribution in [0.2, 0.25) is 5.02 Å². The summed E-state index contributed by atoms with van der Waals surface area (Å²) in [5, 5.41) is 4.24. The van der Waals surface area contributed by atoms with Crippen LogP contribution >= 0.6 is 34.2 Å². The molecule has 4 heteroatoms. The molecule has 1 N–H and O–H groups in total. The second-order valence-electron chi connectivity index (χ2n) is 4.96. The van der Waals surface area contributed by atoms with E-state index >= 15 is 0 Å². The predicted molar refractivity (Wildman–Crippen MR) is 90.5 cm³/mol. The van der Waals surface area contributed by atoms with E-state index in [4.69, 9.17) is 16.3 Å². The highest BCUT2D eigenvalue weighted by atomic mass is 127. The van der Waals surface area contributed by atoms with Crippen molar-refractivity contribution in [1.82, 2.24) is 5.32 Å². The Kier molecular flexibility index (Phi) is 4.48. The van der Waals surface area contributed by atoms with Crippen molar-refractivity contribution >= 4 is 34.2 Å². The average Bonchev–Trinajstić information content (AvgIpc) is 3.25. The number of hydrogen-bond donors (Lipinski definition) is 1. The van der Waals surface area contributed by atoms with Gasteiger partial charge in [-0.2, -0.15) is 0 Å². The lowest BCUT2D eigenvalue weighted by atomic mass is 10.2. The van der Waals surface area contributed by atoms with Crippen molar-refractivity contribution in [3.05, 3.63) is 56.6 Å². The van der Waals surface area contributed by atoms with Crippen molar-refractivity contribution in [3.8, 4) is 11.5 Å². The Morgan fingerprint density at radius 2 is 1.90 bits per heavy atom. The summed E-state index contributed by atoms with van der Waals surface area (Å²) in [4.78, 5) is 0. The maximum Gasteiger partial charge on any atom is 0.132 e. The number of benzene rings is 2. The Balaban J connectivity index is 1.77. The Morgan fingerprint density at radius 3 is 2.60 bits per heavy atom. The monoisotopic (exact) mass is 399 g/mol. The maximum atomic E-state index is 6.09. The van der Waals surface area contributed by atoms with Crippen molar-refractivity contribution in [1.29, 1.82) is 0 Å². The quantitative estimate of drug-likeness (QED) is 0.715. The molecule has 1 aliphatic rings. The zero-order valence-electron chi connectivity index (χ0n) is 10.9. The van der Waals surface area contributed by atoms with Crippen molar-refractivity contribution < 1.29 is 4.74 Å². The lowest BCUT2D eigenvalue weighted by Crippen LogP contribution is -2.15. The fourth-order valence-electron chi connectivity index (χ4n) is 1.96. The molecule has 3 rings (SSSR count). The Labute approximate surface area is 137 Å². The smallest absolute Gasteiger partial charge is 0.132 e. The average molecular weight is 400 g/mol. The lowest BCUT2D eigenvalue weighted by Gasteiger charge is -2.12. The standard InChI is InChI=1S/C16H15ClINO/c17-12-1-8-16(11(9-12)10-19-14-4-5-14)20-15-6-2-13(18)3-7-15/h1-3,6-9,14,19H,4-5,10H2. The molecule has 20 heavy (non-hydrogen) atoms. The molecule has 0 radical (unpaired) electrons. The summed E-state index contributed by atoms with van der Waals surface area (Å²) in [6, 6.07) is 14.5. The first-order valence-corrected chi connectivity index (χ1v) is 8.11. The summed E-state index contributed by atoms with van der Waals surface area (Å²) in [6.45, 7) is 0.797. The zero-order valence-corrected chi connectivity index (χ0v) is 13.8. The number of halogens is 2. The number of nitrogens with one attached hydrogen (secondary N) is 1. The van der Waals surface area contributed by atoms with E-state index in [1.54, 1.807) is 0 Å². The largest absolute Gasteiger partial charge is 0.457 e. The molecule has 2 aromatic carbocycles. The van der Waals surface area contributed by atoms with Crippen molar-refractivity contribution in [2.24, 2.45) is 0 Å². The lowest BCUT2D eigenvalue weighted by molar-refractivity contribution is 0.472. The molecular weight excluding hydrogens is 385 g/mol. The van der Waals surface area contributed by atoms with Crippen LogP contribution in [0.25, 0.3) is 0 Å². The molecule has 1 saturated carbocycles. The summed E-state index contributed by atoms with van der Waals surface area (Å²) in [7, 11) is 0. The van der Waals surface area contributed by atoms with Gasteiger partial charge in [-0.25, -0.2) is 0 Å². The summed E-state index contributed by atoms with van der Waals surface area (Å²) < 4.78 is 7.17. The van der Waals surface area contributed by atoms with Crippen LogP contribution in [0.3, 0.4) is 0 Å². The van der Waals surface area contributed by atoms with Gasteiger partial charge in [0.1, 0.15) is 11.5 Å². The summed E-state index contributed by atoms with van der Waals surface area (Å²) in [5.41, 5.74) is 1.10. The molecule has 0 atom stereocenters. The topological polar surface area (TPSA) is 21.3 Å². The van der Waals surface area contributed by atoms with Gasteiger partial charge < -0.3 is 10.1 Å². The van der Waals surface area contributed by atoms with Gasteiger partial charge in [0.2, 0.25) is 0 Å². The molecule has 104 valence electrons. The third-order valence-corrected chi connectivity index (χ3v) is 4.18. The van der Waals surface area contributed by atoms with Crippen molar-refractivity contribution in [2.45, 2.75) is 25.4 Å². The summed E-state index contributed by atoms with van der Waals surface area (Å²) in [6.07, 6.45) is 2.54. The predicted octanol–water partition coefficient (Wildman–Crippen LogP) is 4.99. The molecule has 1 fully saturated rings. The fraction of sp³-hybridized carbons (Fsp3) is 0.250. The van der Waals surface area contributed by atoms with Gasteiger partial charge in [-0.1, -0.05) is 11.6 Å². The van der Waals surface area contributed by atoms with Gasteiger partial charge in [0, 0.05) is 26.7 Å². The minimum absolute atomic E-state index is 0.667. The van der Waals surface area contributed by atoms with Crippen LogP contribution in [0.5, 0.6) is 11.5 Å². The molecule has 0 spiro atoms. The first kappa shape index (κ1) is 14.2. The number of hydrogen-bond acceptors (Lipinski definition) is 2. The van der Waals surface area contributed by atoms with Crippen LogP contribution < -0.4 is 10.1 Å². The highest BCUT2D eigenvalue weighted by molar-refractivity contribution is 14.1. The van der Waals surface area contributed by atoms with Crippen LogP contribution in [-0.2, 0) is 6.54 Å². The molecule has 0 amide bonds. The second kappa shape index (κ2) is 6.33. The van der Waals surface area contributed by atoms with Crippen LogP contribution in [0, 0.1) is 3.57 Å². The van der Waals surface area contributed by atoms with Gasteiger partial charge in [0.15, 0.2) is 0 Å². The van der Waals surface area contributed by atoms with E-state index in [0.717, 1.165) is 28.6 Å². The zero-order chi connectivity index (χ0) is 13.9. The van der Waals surface area contributed by atoms with E-state index in [0.29, 0.717) is 6.04 Å². The first-order valence-electron chi connectivity index (χ1n) is 6.66. The highest BCUT2D eigenvalue weighted by Gasteiger charge is 2.20. The van der Waals surface area contributed by atoms with Crippen LogP contribution in [-0.4, -0.2) is 6.04 Å². The molecule has 0 unspecified atom stereocenters.